The van der Waals surface area contributed by atoms with Gasteiger partial charge in [-0.15, -0.1) is 0 Å². The second-order valence-electron chi connectivity index (χ2n) is 2.18. The Bertz CT molecular complexity index is 36.8. The van der Waals surface area contributed by atoms with E-state index >= 15 is 0 Å². The summed E-state index contributed by atoms with van der Waals surface area (Å²) in [7, 11) is 0. The van der Waals surface area contributed by atoms with Gasteiger partial charge in [0, 0.05) is 0 Å². The van der Waals surface area contributed by atoms with Crippen LogP contribution in [0.3, 0.4) is 0 Å². The molecule has 0 aliphatic heterocycles. The highest BCUT2D eigenvalue weighted by Gasteiger charge is 2.41. The van der Waals surface area contributed by atoms with Gasteiger partial charge in [-0.25, -0.2) is 0 Å². The maximum absolute atomic E-state index is 2.44. The van der Waals surface area contributed by atoms with Crippen molar-refractivity contribution in [2.24, 2.45) is 11.8 Å². The highest BCUT2D eigenvalue weighted by Crippen LogP contribution is 2.51. The van der Waals surface area contributed by atoms with E-state index < -0.39 is 0 Å². The molecule has 0 saturated heterocycles. The van der Waals surface area contributed by atoms with Crippen LogP contribution in [0.1, 0.15) is 12.8 Å². The molecule has 0 atom stereocenters. The van der Waals surface area contributed by atoms with Crippen LogP contribution in [0.2, 0.25) is 0 Å². The lowest BCUT2D eigenvalue weighted by atomic mass is 9.56. The summed E-state index contributed by atoms with van der Waals surface area (Å²) in [6.07, 6.45) is 5.50. The largest absolute Gasteiger partial charge is 0.0470 e. The Labute approximate surface area is 32.2 Å². The lowest BCUT2D eigenvalue weighted by Crippen LogP contribution is -2.39. The molecule has 2 bridgehead atoms. The van der Waals surface area contributed by atoms with E-state index in [-0.39, 0.29) is 0 Å². The van der Waals surface area contributed by atoms with Gasteiger partial charge in [0.05, 0.1) is 0 Å². The highest BCUT2D eigenvalue weighted by molar-refractivity contribution is 5.08. The Hall–Kier alpha value is 0. The first-order valence-electron chi connectivity index (χ1n) is 2.30. The van der Waals surface area contributed by atoms with Gasteiger partial charge in [0.2, 0.25) is 0 Å². The van der Waals surface area contributed by atoms with E-state index in [9.17, 15) is 0 Å². The fourth-order valence-electron chi connectivity index (χ4n) is 1.02. The predicted octanol–water partition coefficient (Wildman–Crippen LogP) is 1.23. The van der Waals surface area contributed by atoms with Crippen molar-refractivity contribution in [1.29, 1.82) is 0 Å². The molecule has 0 aromatic heterocycles. The molecule has 0 aromatic rings. The van der Waals surface area contributed by atoms with Crippen LogP contribution < -0.4 is 0 Å². The van der Waals surface area contributed by atoms with E-state index in [1.807, 2.05) is 0 Å². The summed E-state index contributed by atoms with van der Waals surface area (Å²) in [6.45, 7) is 0. The van der Waals surface area contributed by atoms with Crippen LogP contribution in [0.5, 0.6) is 0 Å². The summed E-state index contributed by atoms with van der Waals surface area (Å²) in [4.78, 5) is 0. The van der Waals surface area contributed by atoms with Gasteiger partial charge in [0.1, 0.15) is 0 Å². The standard InChI is InChI=1S/C5H7/c1-4-2-5(1)3-4/h1,4-5H,2-3H2. The van der Waals surface area contributed by atoms with Crippen LogP contribution in [0.25, 0.3) is 0 Å². The Kier molecular flexibility index (Phi) is 0.198. The Morgan fingerprint density at radius 3 is 1.40 bits per heavy atom. The van der Waals surface area contributed by atoms with Crippen molar-refractivity contribution in [2.45, 2.75) is 12.8 Å². The molecule has 3 aliphatic carbocycles. The molecule has 0 heteroatoms. The van der Waals surface area contributed by atoms with Crippen LogP contribution in [-0.4, -0.2) is 0 Å². The second-order valence-corrected chi connectivity index (χ2v) is 2.18. The second kappa shape index (κ2) is 0.444. The first-order valence-corrected chi connectivity index (χ1v) is 2.30. The zero-order valence-corrected chi connectivity index (χ0v) is 3.15. The maximum atomic E-state index is 2.44. The molecule has 3 saturated carbocycles. The van der Waals surface area contributed by atoms with E-state index in [2.05, 4.69) is 6.42 Å². The van der Waals surface area contributed by atoms with Crippen LogP contribution in [0, 0.1) is 18.3 Å². The zero-order chi connectivity index (χ0) is 3.28. The topological polar surface area (TPSA) is 0 Å². The molecule has 0 heterocycles. The van der Waals surface area contributed by atoms with Crippen molar-refractivity contribution >= 4 is 0 Å². The summed E-state index contributed by atoms with van der Waals surface area (Å²) in [5, 5.41) is 0. The molecular weight excluding hydrogens is 60.1 g/mol. The van der Waals surface area contributed by atoms with Crippen molar-refractivity contribution in [3.63, 3.8) is 0 Å². The van der Waals surface area contributed by atoms with E-state index in [0.29, 0.717) is 0 Å². The van der Waals surface area contributed by atoms with Crippen molar-refractivity contribution in [1.82, 2.24) is 0 Å². The first kappa shape index (κ1) is 2.22. The molecule has 0 N–H and O–H groups in total. The van der Waals surface area contributed by atoms with Crippen molar-refractivity contribution in [2.75, 3.05) is 0 Å². The van der Waals surface area contributed by atoms with Crippen molar-refractivity contribution in [3.05, 3.63) is 6.42 Å². The van der Waals surface area contributed by atoms with Crippen LogP contribution in [0.4, 0.5) is 0 Å². The maximum Gasteiger partial charge on any atom is -0.0323 e. The monoisotopic (exact) mass is 67.1 g/mol. The molecule has 3 aliphatic rings. The fraction of sp³-hybridized carbons (Fsp3) is 0.800. The molecule has 5 heavy (non-hydrogen) atoms. The third-order valence-electron chi connectivity index (χ3n) is 1.76. The molecule has 0 aromatic carbocycles. The molecule has 0 unspecified atom stereocenters. The zero-order valence-electron chi connectivity index (χ0n) is 3.15. The molecule has 3 fully saturated rings. The van der Waals surface area contributed by atoms with E-state index in [0.717, 1.165) is 11.8 Å². The first-order chi connectivity index (χ1) is 2.45. The molecule has 3 rings (SSSR count). The van der Waals surface area contributed by atoms with Gasteiger partial charge in [-0.05, 0) is 31.1 Å². The summed E-state index contributed by atoms with van der Waals surface area (Å²) in [5.74, 6) is 2.17. The van der Waals surface area contributed by atoms with Gasteiger partial charge in [0.15, 0.2) is 0 Å². The highest BCUT2D eigenvalue weighted by atomic mass is 14.5. The Morgan fingerprint density at radius 1 is 1.20 bits per heavy atom. The normalized spacial score (nSPS) is 57.6. The lowest BCUT2D eigenvalue weighted by Gasteiger charge is -2.49. The molecular formula is C5H7. The smallest absolute Gasteiger partial charge is 0.0323 e. The van der Waals surface area contributed by atoms with E-state index in [1.54, 1.807) is 0 Å². The van der Waals surface area contributed by atoms with Gasteiger partial charge < -0.3 is 0 Å². The number of hydrogen-bond acceptors (Lipinski definition) is 0. The molecule has 0 nitrogen and oxygen atoms in total. The van der Waals surface area contributed by atoms with Crippen LogP contribution in [0.15, 0.2) is 0 Å². The van der Waals surface area contributed by atoms with Gasteiger partial charge in [0.25, 0.3) is 0 Å². The molecule has 1 radical (unpaired) electrons. The average Bonchev–Trinajstić information content (AvgIpc) is 0.592. The van der Waals surface area contributed by atoms with Crippen LogP contribution in [-0.2, 0) is 0 Å². The SMILES string of the molecule is [CH]1C2CC1C2. The van der Waals surface area contributed by atoms with Crippen molar-refractivity contribution < 1.29 is 0 Å². The summed E-state index contributed by atoms with van der Waals surface area (Å²) in [5.41, 5.74) is 0. The summed E-state index contributed by atoms with van der Waals surface area (Å²) >= 11 is 0. The van der Waals surface area contributed by atoms with E-state index in [4.69, 9.17) is 0 Å². The summed E-state index contributed by atoms with van der Waals surface area (Å²) < 4.78 is 0. The van der Waals surface area contributed by atoms with E-state index in [1.165, 1.54) is 12.8 Å². The van der Waals surface area contributed by atoms with Gasteiger partial charge >= 0.3 is 0 Å². The Morgan fingerprint density at radius 2 is 1.40 bits per heavy atom. The molecule has 27 valence electrons. The van der Waals surface area contributed by atoms with Gasteiger partial charge in [-0.1, -0.05) is 0 Å². The summed E-state index contributed by atoms with van der Waals surface area (Å²) in [6, 6.07) is 0. The van der Waals surface area contributed by atoms with Crippen LogP contribution >= 0.6 is 0 Å². The average molecular weight is 67.1 g/mol. The minimum Gasteiger partial charge on any atom is -0.0470 e. The predicted molar refractivity (Wildman–Crippen MR) is 20.5 cm³/mol. The quantitative estimate of drug-likeness (QED) is 0.399. The molecule has 0 amide bonds. The minimum atomic E-state index is 1.08. The van der Waals surface area contributed by atoms with Gasteiger partial charge in [-0.3, -0.25) is 0 Å². The number of rotatable bonds is 0. The van der Waals surface area contributed by atoms with Gasteiger partial charge in [-0.2, -0.15) is 0 Å². The minimum absolute atomic E-state index is 1.08. The van der Waals surface area contributed by atoms with Crippen molar-refractivity contribution in [3.8, 4) is 0 Å². The third kappa shape index (κ3) is 0.111. The molecule has 0 spiro atoms. The Balaban J connectivity index is 2.19. The lowest BCUT2D eigenvalue weighted by molar-refractivity contribution is 0.118. The number of hydrogen-bond donors (Lipinski definition) is 0. The fourth-order valence-corrected chi connectivity index (χ4v) is 1.02. The third-order valence-corrected chi connectivity index (χ3v) is 1.76.